The van der Waals surface area contributed by atoms with E-state index in [2.05, 4.69) is 6.92 Å². The molecule has 2 rings (SSSR count). The fourth-order valence-corrected chi connectivity index (χ4v) is 3.64. The molecule has 0 spiro atoms. The smallest absolute Gasteiger partial charge is 0.410 e. The van der Waals surface area contributed by atoms with Gasteiger partial charge in [0, 0.05) is 19.7 Å². The Balaban J connectivity index is 1.64. The molecule has 0 aromatic heterocycles. The molecule has 0 saturated carbocycles. The van der Waals surface area contributed by atoms with Crippen LogP contribution < -0.4 is 0 Å². The average Bonchev–Trinajstić information content (AvgIpc) is 2.93. The van der Waals surface area contributed by atoms with Gasteiger partial charge in [0.25, 0.3) is 0 Å². The lowest BCUT2D eigenvalue weighted by Gasteiger charge is -2.26. The second-order valence-electron chi connectivity index (χ2n) is 8.49. The van der Waals surface area contributed by atoms with Crippen LogP contribution in [-0.4, -0.2) is 42.4 Å². The minimum atomic E-state index is -0.399. The highest BCUT2D eigenvalue weighted by molar-refractivity contribution is 5.68. The van der Waals surface area contributed by atoms with E-state index in [9.17, 15) is 4.79 Å². The first-order valence-electron chi connectivity index (χ1n) is 9.43. The van der Waals surface area contributed by atoms with E-state index in [-0.39, 0.29) is 6.09 Å². The highest BCUT2D eigenvalue weighted by Crippen LogP contribution is 2.27. The maximum Gasteiger partial charge on any atom is 0.410 e. The molecule has 134 valence electrons. The number of ether oxygens (including phenoxy) is 2. The summed E-state index contributed by atoms with van der Waals surface area (Å²) >= 11 is 0. The summed E-state index contributed by atoms with van der Waals surface area (Å²) in [5, 5.41) is 0. The zero-order chi connectivity index (χ0) is 16.9. The molecule has 0 N–H and O–H groups in total. The number of carbonyl (C=O) groups excluding carboxylic acids is 1. The van der Waals surface area contributed by atoms with E-state index in [1.54, 1.807) is 0 Å². The first kappa shape index (κ1) is 18.6. The maximum atomic E-state index is 12.1. The van der Waals surface area contributed by atoms with Crippen molar-refractivity contribution in [1.29, 1.82) is 0 Å². The summed E-state index contributed by atoms with van der Waals surface area (Å²) in [5.41, 5.74) is -0.399. The molecule has 2 aliphatic heterocycles. The molecule has 0 aliphatic carbocycles. The molecule has 0 radical (unpaired) electrons. The van der Waals surface area contributed by atoms with Gasteiger partial charge in [-0.15, -0.1) is 0 Å². The molecule has 2 heterocycles. The van der Waals surface area contributed by atoms with E-state index >= 15 is 0 Å². The molecule has 3 atom stereocenters. The number of nitrogens with zero attached hydrogens (tertiary/aromatic N) is 1. The molecule has 0 aromatic rings. The summed E-state index contributed by atoms with van der Waals surface area (Å²) in [7, 11) is 0. The molecule has 4 heteroatoms. The summed E-state index contributed by atoms with van der Waals surface area (Å²) < 4.78 is 11.3. The Morgan fingerprint density at radius 1 is 1.30 bits per heavy atom. The third-order valence-electron chi connectivity index (χ3n) is 4.94. The van der Waals surface area contributed by atoms with Crippen LogP contribution in [0.5, 0.6) is 0 Å². The zero-order valence-electron chi connectivity index (χ0n) is 15.5. The second kappa shape index (κ2) is 8.36. The summed E-state index contributed by atoms with van der Waals surface area (Å²) in [6, 6.07) is 0. The van der Waals surface area contributed by atoms with Crippen LogP contribution in [-0.2, 0) is 9.47 Å². The largest absolute Gasteiger partial charge is 0.444 e. The number of amides is 1. The van der Waals surface area contributed by atoms with Crippen molar-refractivity contribution in [3.8, 4) is 0 Å². The number of likely N-dealkylation sites (tertiary alicyclic amines) is 1. The summed E-state index contributed by atoms with van der Waals surface area (Å²) in [4.78, 5) is 14.0. The fourth-order valence-electron chi connectivity index (χ4n) is 3.64. The number of hydrogen-bond acceptors (Lipinski definition) is 3. The highest BCUT2D eigenvalue weighted by atomic mass is 16.6. The molecule has 0 aromatic carbocycles. The predicted octanol–water partition coefficient (Wildman–Crippen LogP) is 4.62. The van der Waals surface area contributed by atoms with E-state index in [0.717, 1.165) is 26.1 Å². The SMILES string of the molecule is CC(CC[C@H]1CCN(C(=O)OC(C)(C)C)C1)CC1CCCCO1. The Labute approximate surface area is 141 Å². The van der Waals surface area contributed by atoms with Crippen molar-refractivity contribution in [2.24, 2.45) is 11.8 Å². The van der Waals surface area contributed by atoms with Crippen LogP contribution in [0.2, 0.25) is 0 Å². The average molecular weight is 325 g/mol. The van der Waals surface area contributed by atoms with Crippen LogP contribution in [0.1, 0.15) is 72.6 Å². The van der Waals surface area contributed by atoms with Gasteiger partial charge < -0.3 is 14.4 Å². The van der Waals surface area contributed by atoms with Crippen molar-refractivity contribution in [3.63, 3.8) is 0 Å². The van der Waals surface area contributed by atoms with Gasteiger partial charge in [0.05, 0.1) is 6.10 Å². The van der Waals surface area contributed by atoms with Gasteiger partial charge in [-0.3, -0.25) is 0 Å². The van der Waals surface area contributed by atoms with E-state index in [4.69, 9.17) is 9.47 Å². The molecular weight excluding hydrogens is 290 g/mol. The Bertz CT molecular complexity index is 371. The number of carbonyl (C=O) groups is 1. The van der Waals surface area contributed by atoms with Crippen molar-refractivity contribution in [2.75, 3.05) is 19.7 Å². The lowest BCUT2D eigenvalue weighted by Crippen LogP contribution is -2.35. The number of rotatable bonds is 5. The topological polar surface area (TPSA) is 38.8 Å². The molecule has 2 saturated heterocycles. The lowest BCUT2D eigenvalue weighted by molar-refractivity contribution is 0.00182. The molecule has 4 nitrogen and oxygen atoms in total. The maximum absolute atomic E-state index is 12.1. The molecule has 1 amide bonds. The third-order valence-corrected chi connectivity index (χ3v) is 4.94. The van der Waals surface area contributed by atoms with Crippen LogP contribution >= 0.6 is 0 Å². The van der Waals surface area contributed by atoms with Gasteiger partial charge in [0.2, 0.25) is 0 Å². The second-order valence-corrected chi connectivity index (χ2v) is 8.49. The van der Waals surface area contributed by atoms with Gasteiger partial charge in [-0.2, -0.15) is 0 Å². The molecule has 0 bridgehead atoms. The third kappa shape index (κ3) is 6.70. The Morgan fingerprint density at radius 2 is 2.09 bits per heavy atom. The summed E-state index contributed by atoms with van der Waals surface area (Å²) in [6.07, 6.45) is 8.90. The molecular formula is C19H35NO3. The van der Waals surface area contributed by atoms with Crippen LogP contribution in [0.15, 0.2) is 0 Å². The zero-order valence-corrected chi connectivity index (χ0v) is 15.5. The highest BCUT2D eigenvalue weighted by Gasteiger charge is 2.29. The van der Waals surface area contributed by atoms with Gasteiger partial charge in [-0.1, -0.05) is 13.3 Å². The monoisotopic (exact) mass is 325 g/mol. The minimum Gasteiger partial charge on any atom is -0.444 e. The Kier molecular flexibility index (Phi) is 6.75. The summed E-state index contributed by atoms with van der Waals surface area (Å²) in [6.45, 7) is 10.8. The van der Waals surface area contributed by atoms with Crippen molar-refractivity contribution in [2.45, 2.75) is 84.3 Å². The quantitative estimate of drug-likeness (QED) is 0.740. The molecule has 2 fully saturated rings. The summed E-state index contributed by atoms with van der Waals surface area (Å²) in [5.74, 6) is 1.35. The normalized spacial score (nSPS) is 27.0. The van der Waals surface area contributed by atoms with Crippen molar-refractivity contribution in [1.82, 2.24) is 4.90 Å². The van der Waals surface area contributed by atoms with Crippen molar-refractivity contribution >= 4 is 6.09 Å². The van der Waals surface area contributed by atoms with Gasteiger partial charge in [0.15, 0.2) is 0 Å². The van der Waals surface area contributed by atoms with Crippen molar-refractivity contribution in [3.05, 3.63) is 0 Å². The molecule has 23 heavy (non-hydrogen) atoms. The first-order chi connectivity index (χ1) is 10.8. The fraction of sp³-hybridized carbons (Fsp3) is 0.947. The molecule has 2 unspecified atom stereocenters. The van der Waals surface area contributed by atoms with E-state index in [0.29, 0.717) is 17.9 Å². The minimum absolute atomic E-state index is 0.149. The Hall–Kier alpha value is -0.770. The Morgan fingerprint density at radius 3 is 2.74 bits per heavy atom. The van der Waals surface area contributed by atoms with E-state index in [1.165, 1.54) is 38.5 Å². The predicted molar refractivity (Wildman–Crippen MR) is 92.5 cm³/mol. The molecule has 2 aliphatic rings. The standard InChI is InChI=1S/C19H35NO3/c1-15(13-17-7-5-6-12-22-17)8-9-16-10-11-20(14-16)18(21)23-19(2,3)4/h15-17H,5-14H2,1-4H3/t15?,16-,17?/m0/s1. The van der Waals surface area contributed by atoms with Gasteiger partial charge in [-0.05, 0) is 71.1 Å². The van der Waals surface area contributed by atoms with E-state index in [1.807, 2.05) is 25.7 Å². The first-order valence-corrected chi connectivity index (χ1v) is 9.43. The van der Waals surface area contributed by atoms with Gasteiger partial charge in [-0.25, -0.2) is 4.79 Å². The van der Waals surface area contributed by atoms with Crippen molar-refractivity contribution < 1.29 is 14.3 Å². The lowest BCUT2D eigenvalue weighted by atomic mass is 9.91. The van der Waals surface area contributed by atoms with Crippen LogP contribution in [0.25, 0.3) is 0 Å². The van der Waals surface area contributed by atoms with E-state index < -0.39 is 5.60 Å². The van der Waals surface area contributed by atoms with Crippen LogP contribution in [0.4, 0.5) is 4.79 Å². The van der Waals surface area contributed by atoms with Gasteiger partial charge >= 0.3 is 6.09 Å². The number of hydrogen-bond donors (Lipinski definition) is 0. The van der Waals surface area contributed by atoms with Crippen LogP contribution in [0.3, 0.4) is 0 Å². The van der Waals surface area contributed by atoms with Crippen LogP contribution in [0, 0.1) is 11.8 Å². The van der Waals surface area contributed by atoms with Gasteiger partial charge in [0.1, 0.15) is 5.60 Å².